The van der Waals surface area contributed by atoms with E-state index in [9.17, 15) is 0 Å². The van der Waals surface area contributed by atoms with E-state index in [1.165, 1.54) is 42.5 Å². The molecule has 0 amide bonds. The van der Waals surface area contributed by atoms with Crippen LogP contribution in [0.25, 0.3) is 10.9 Å². The van der Waals surface area contributed by atoms with Crippen molar-refractivity contribution in [2.45, 2.75) is 65.1 Å². The minimum atomic E-state index is 0.0971. The van der Waals surface area contributed by atoms with Crippen LogP contribution in [0.4, 0.5) is 5.69 Å². The number of rotatable bonds is 3. The molecule has 2 heterocycles. The van der Waals surface area contributed by atoms with Crippen LogP contribution in [0, 0.1) is 0 Å². The van der Waals surface area contributed by atoms with Crippen LogP contribution in [0.15, 0.2) is 30.5 Å². The maximum atomic E-state index is 3.56. The fourth-order valence-electron chi connectivity index (χ4n) is 3.67. The van der Waals surface area contributed by atoms with Crippen LogP contribution in [-0.2, 0) is 0 Å². The van der Waals surface area contributed by atoms with E-state index in [-0.39, 0.29) is 5.54 Å². The van der Waals surface area contributed by atoms with Crippen LogP contribution in [-0.4, -0.2) is 34.1 Å². The molecule has 0 unspecified atom stereocenters. The molecule has 1 N–H and O–H groups in total. The van der Waals surface area contributed by atoms with E-state index < -0.39 is 0 Å². The van der Waals surface area contributed by atoms with Gasteiger partial charge in [0.05, 0.1) is 0 Å². The molecular weight excluding hydrogens is 282 g/mol. The standard InChI is InChI=1S/C20H31N3/c1-15(2)22-11-9-18(10-12-22)23-13-8-16-14-17(6-7-19(16)23)21-20(3,4)5/h6-8,13-15,18,21H,9-12H2,1-5H3. The highest BCUT2D eigenvalue weighted by Crippen LogP contribution is 2.30. The Balaban J connectivity index is 1.78. The number of likely N-dealkylation sites (tertiary alicyclic amines) is 1. The zero-order chi connectivity index (χ0) is 16.6. The summed E-state index contributed by atoms with van der Waals surface area (Å²) in [6.07, 6.45) is 4.79. The van der Waals surface area contributed by atoms with E-state index in [1.807, 2.05) is 0 Å². The third kappa shape index (κ3) is 3.72. The van der Waals surface area contributed by atoms with Gasteiger partial charge in [0.25, 0.3) is 0 Å². The van der Waals surface area contributed by atoms with Crippen LogP contribution in [0.1, 0.15) is 53.5 Å². The maximum Gasteiger partial charge on any atom is 0.0484 e. The van der Waals surface area contributed by atoms with Crippen molar-refractivity contribution < 1.29 is 0 Å². The summed E-state index contributed by atoms with van der Waals surface area (Å²) in [7, 11) is 0. The molecule has 1 aromatic heterocycles. The van der Waals surface area contributed by atoms with Crippen LogP contribution < -0.4 is 5.32 Å². The zero-order valence-electron chi connectivity index (χ0n) is 15.3. The van der Waals surface area contributed by atoms with Crippen LogP contribution >= 0.6 is 0 Å². The van der Waals surface area contributed by atoms with Crippen molar-refractivity contribution in [3.05, 3.63) is 30.5 Å². The molecule has 2 aromatic rings. The molecule has 23 heavy (non-hydrogen) atoms. The van der Waals surface area contributed by atoms with Gasteiger partial charge >= 0.3 is 0 Å². The normalized spacial score (nSPS) is 18.0. The lowest BCUT2D eigenvalue weighted by molar-refractivity contribution is 0.153. The Morgan fingerprint density at radius 2 is 1.78 bits per heavy atom. The molecule has 0 saturated carbocycles. The topological polar surface area (TPSA) is 20.2 Å². The summed E-state index contributed by atoms with van der Waals surface area (Å²) in [6.45, 7) is 13.6. The highest BCUT2D eigenvalue weighted by molar-refractivity contribution is 5.84. The van der Waals surface area contributed by atoms with Gasteiger partial charge in [-0.2, -0.15) is 0 Å². The molecule has 1 fully saturated rings. The third-order valence-corrected chi connectivity index (χ3v) is 4.86. The monoisotopic (exact) mass is 313 g/mol. The summed E-state index contributed by atoms with van der Waals surface area (Å²) in [6, 6.07) is 10.3. The van der Waals surface area contributed by atoms with Crippen molar-refractivity contribution in [3.63, 3.8) is 0 Å². The van der Waals surface area contributed by atoms with E-state index in [0.29, 0.717) is 12.1 Å². The van der Waals surface area contributed by atoms with Gasteiger partial charge < -0.3 is 14.8 Å². The van der Waals surface area contributed by atoms with E-state index in [1.54, 1.807) is 0 Å². The number of piperidine rings is 1. The van der Waals surface area contributed by atoms with Crippen molar-refractivity contribution in [2.24, 2.45) is 0 Å². The molecule has 0 radical (unpaired) electrons. The van der Waals surface area contributed by atoms with Crippen molar-refractivity contribution in [3.8, 4) is 0 Å². The fourth-order valence-corrected chi connectivity index (χ4v) is 3.67. The third-order valence-electron chi connectivity index (χ3n) is 4.86. The van der Waals surface area contributed by atoms with Gasteiger partial charge in [-0.3, -0.25) is 0 Å². The largest absolute Gasteiger partial charge is 0.380 e. The second-order valence-corrected chi connectivity index (χ2v) is 8.23. The van der Waals surface area contributed by atoms with Crippen LogP contribution in [0.2, 0.25) is 0 Å². The second-order valence-electron chi connectivity index (χ2n) is 8.23. The average Bonchev–Trinajstić information content (AvgIpc) is 2.88. The number of nitrogens with one attached hydrogen (secondary N) is 1. The summed E-state index contributed by atoms with van der Waals surface area (Å²) in [4.78, 5) is 2.59. The summed E-state index contributed by atoms with van der Waals surface area (Å²) in [5.74, 6) is 0. The first kappa shape index (κ1) is 16.4. The molecule has 1 aliphatic rings. The first-order valence-electron chi connectivity index (χ1n) is 8.96. The number of nitrogens with zero attached hydrogens (tertiary/aromatic N) is 2. The van der Waals surface area contributed by atoms with E-state index in [4.69, 9.17) is 0 Å². The number of fused-ring (bicyclic) bond motifs is 1. The van der Waals surface area contributed by atoms with Crippen molar-refractivity contribution in [1.82, 2.24) is 9.47 Å². The fraction of sp³-hybridized carbons (Fsp3) is 0.600. The Hall–Kier alpha value is -1.48. The molecule has 0 aliphatic carbocycles. The molecule has 0 atom stereocenters. The van der Waals surface area contributed by atoms with Gasteiger partial charge in [-0.1, -0.05) is 0 Å². The Bertz CT molecular complexity index is 655. The quantitative estimate of drug-likeness (QED) is 0.870. The molecular formula is C20H31N3. The molecule has 0 spiro atoms. The molecule has 1 aliphatic heterocycles. The van der Waals surface area contributed by atoms with E-state index in [0.717, 1.165) is 0 Å². The summed E-state index contributed by atoms with van der Waals surface area (Å²) in [5, 5.41) is 4.90. The summed E-state index contributed by atoms with van der Waals surface area (Å²) in [5.41, 5.74) is 2.67. The number of benzene rings is 1. The second kappa shape index (κ2) is 6.20. The van der Waals surface area contributed by atoms with Crippen LogP contribution in [0.5, 0.6) is 0 Å². The first-order chi connectivity index (χ1) is 10.8. The molecule has 126 valence electrons. The highest BCUT2D eigenvalue weighted by atomic mass is 15.2. The predicted octanol–water partition coefficient (Wildman–Crippen LogP) is 4.90. The Kier molecular flexibility index (Phi) is 4.41. The highest BCUT2D eigenvalue weighted by Gasteiger charge is 2.22. The molecule has 1 saturated heterocycles. The number of hydrogen-bond acceptors (Lipinski definition) is 2. The molecule has 1 aromatic carbocycles. The lowest BCUT2D eigenvalue weighted by Crippen LogP contribution is -2.38. The van der Waals surface area contributed by atoms with Crippen LogP contribution in [0.3, 0.4) is 0 Å². The minimum Gasteiger partial charge on any atom is -0.380 e. The lowest BCUT2D eigenvalue weighted by atomic mass is 10.0. The summed E-state index contributed by atoms with van der Waals surface area (Å²) >= 11 is 0. The van der Waals surface area contributed by atoms with Gasteiger partial charge in [0.2, 0.25) is 0 Å². The Labute approximate surface area is 140 Å². The van der Waals surface area contributed by atoms with Gasteiger partial charge in [-0.05, 0) is 71.7 Å². The molecule has 3 heteroatoms. The van der Waals surface area contributed by atoms with E-state index in [2.05, 4.69) is 79.9 Å². The van der Waals surface area contributed by atoms with Gasteiger partial charge in [-0.25, -0.2) is 0 Å². The van der Waals surface area contributed by atoms with Gasteiger partial charge in [0.15, 0.2) is 0 Å². The number of hydrogen-bond donors (Lipinski definition) is 1. The Morgan fingerprint density at radius 1 is 1.09 bits per heavy atom. The molecule has 3 rings (SSSR count). The SMILES string of the molecule is CC(C)N1CCC(n2ccc3cc(NC(C)(C)C)ccc32)CC1. The first-order valence-corrected chi connectivity index (χ1v) is 8.96. The zero-order valence-corrected chi connectivity index (χ0v) is 15.3. The van der Waals surface area contributed by atoms with Crippen molar-refractivity contribution >= 4 is 16.6 Å². The van der Waals surface area contributed by atoms with Crippen molar-refractivity contribution in [1.29, 1.82) is 0 Å². The van der Waals surface area contributed by atoms with E-state index >= 15 is 0 Å². The molecule has 3 nitrogen and oxygen atoms in total. The lowest BCUT2D eigenvalue weighted by Gasteiger charge is -2.35. The Morgan fingerprint density at radius 3 is 2.39 bits per heavy atom. The number of anilines is 1. The van der Waals surface area contributed by atoms with Gasteiger partial charge in [0, 0.05) is 53.5 Å². The smallest absolute Gasteiger partial charge is 0.0484 e. The number of aromatic nitrogens is 1. The van der Waals surface area contributed by atoms with Crippen molar-refractivity contribution in [2.75, 3.05) is 18.4 Å². The van der Waals surface area contributed by atoms with Gasteiger partial charge in [0.1, 0.15) is 0 Å². The van der Waals surface area contributed by atoms with Gasteiger partial charge in [-0.15, -0.1) is 0 Å². The minimum absolute atomic E-state index is 0.0971. The average molecular weight is 313 g/mol. The predicted molar refractivity (Wildman–Crippen MR) is 100 cm³/mol. The summed E-state index contributed by atoms with van der Waals surface area (Å²) < 4.78 is 2.49. The maximum absolute atomic E-state index is 3.56. The molecule has 0 bridgehead atoms.